The molecule has 1 heterocycles. The average molecular weight is 358 g/mol. The predicted molar refractivity (Wildman–Crippen MR) is 99.0 cm³/mol. The predicted octanol–water partition coefficient (Wildman–Crippen LogP) is 1.43. The summed E-state index contributed by atoms with van der Waals surface area (Å²) in [6.45, 7) is 3.96. The normalized spacial score (nSPS) is 11.0. The van der Waals surface area contributed by atoms with Gasteiger partial charge in [-0.15, -0.1) is 0 Å². The molecule has 1 aromatic heterocycles. The van der Waals surface area contributed by atoms with E-state index in [2.05, 4.69) is 15.5 Å². The summed E-state index contributed by atoms with van der Waals surface area (Å²) in [5.41, 5.74) is 1.99. The van der Waals surface area contributed by atoms with Gasteiger partial charge in [-0.25, -0.2) is 14.8 Å². The van der Waals surface area contributed by atoms with Gasteiger partial charge in [0.25, 0.3) is 5.56 Å². The highest BCUT2D eigenvalue weighted by molar-refractivity contribution is 5.84. The van der Waals surface area contributed by atoms with Crippen LogP contribution in [0.1, 0.15) is 44.2 Å². The molecule has 3 N–H and O–H groups in total. The van der Waals surface area contributed by atoms with E-state index in [1.165, 1.54) is 0 Å². The van der Waals surface area contributed by atoms with Crippen LogP contribution >= 0.6 is 0 Å². The van der Waals surface area contributed by atoms with E-state index >= 15 is 0 Å². The van der Waals surface area contributed by atoms with Gasteiger partial charge in [0.1, 0.15) is 5.56 Å². The van der Waals surface area contributed by atoms with Gasteiger partial charge >= 0.3 is 5.69 Å². The number of H-pyrrole nitrogens is 1. The number of aromatic hydroxyl groups is 1. The Hall–Kier alpha value is -3.16. The Morgan fingerprint density at radius 2 is 1.96 bits per heavy atom. The van der Waals surface area contributed by atoms with Crippen LogP contribution in [0.4, 0.5) is 0 Å². The maximum absolute atomic E-state index is 12.1. The molecule has 0 spiro atoms. The minimum atomic E-state index is -0.791. The van der Waals surface area contributed by atoms with Crippen molar-refractivity contribution in [1.29, 1.82) is 0 Å². The summed E-state index contributed by atoms with van der Waals surface area (Å²) in [6.07, 6.45) is 3.78. The summed E-state index contributed by atoms with van der Waals surface area (Å²) in [5.74, 6) is -0.836. The standard InChI is InChI=1S/C18H22N4O4/c1-3-5-6-15(23)21-19-11-14-16(24)20-18(26)22(17(14)25)13-9-7-12(4-2)8-10-13/h7-11,25H,3-6H2,1-2H3,(H,21,23)(H,20,24,26)/b19-11-. The van der Waals surface area contributed by atoms with Gasteiger partial charge in [0, 0.05) is 6.42 Å². The van der Waals surface area contributed by atoms with Crippen LogP contribution in [0.15, 0.2) is 39.0 Å². The number of hydrogen-bond donors (Lipinski definition) is 3. The van der Waals surface area contributed by atoms with Crippen LogP contribution in [0, 0.1) is 0 Å². The van der Waals surface area contributed by atoms with E-state index < -0.39 is 17.1 Å². The lowest BCUT2D eigenvalue weighted by Gasteiger charge is -2.10. The van der Waals surface area contributed by atoms with Crippen LogP contribution in [-0.2, 0) is 11.2 Å². The van der Waals surface area contributed by atoms with Crippen LogP contribution in [0.2, 0.25) is 0 Å². The lowest BCUT2D eigenvalue weighted by Crippen LogP contribution is -2.31. The molecule has 1 amide bonds. The smallest absolute Gasteiger partial charge is 0.335 e. The van der Waals surface area contributed by atoms with Gasteiger partial charge in [0.15, 0.2) is 0 Å². The molecule has 0 atom stereocenters. The van der Waals surface area contributed by atoms with Crippen molar-refractivity contribution in [3.8, 4) is 11.6 Å². The maximum atomic E-state index is 12.1. The molecular weight excluding hydrogens is 336 g/mol. The number of rotatable bonds is 7. The number of carbonyl (C=O) groups is 1. The van der Waals surface area contributed by atoms with E-state index in [0.717, 1.165) is 35.6 Å². The number of unbranched alkanes of at least 4 members (excludes halogenated alkanes) is 1. The molecule has 0 saturated heterocycles. The number of carbonyl (C=O) groups excluding carboxylic acids is 1. The topological polar surface area (TPSA) is 117 Å². The Bertz CT molecular complexity index is 910. The highest BCUT2D eigenvalue weighted by atomic mass is 16.3. The van der Waals surface area contributed by atoms with E-state index in [9.17, 15) is 19.5 Å². The summed E-state index contributed by atoms with van der Waals surface area (Å²) < 4.78 is 0.973. The minimum Gasteiger partial charge on any atom is -0.493 e. The van der Waals surface area contributed by atoms with Crippen molar-refractivity contribution < 1.29 is 9.90 Å². The van der Waals surface area contributed by atoms with E-state index in [-0.39, 0.29) is 11.5 Å². The first kappa shape index (κ1) is 19.2. The summed E-state index contributed by atoms with van der Waals surface area (Å²) in [5, 5.41) is 14.1. The molecule has 8 nitrogen and oxygen atoms in total. The Labute approximate surface area is 150 Å². The van der Waals surface area contributed by atoms with Crippen molar-refractivity contribution in [1.82, 2.24) is 15.0 Å². The summed E-state index contributed by atoms with van der Waals surface area (Å²) in [4.78, 5) is 37.7. The fourth-order valence-electron chi connectivity index (χ4n) is 2.34. The molecule has 138 valence electrons. The lowest BCUT2D eigenvalue weighted by atomic mass is 10.1. The zero-order valence-electron chi connectivity index (χ0n) is 14.8. The number of nitrogens with zero attached hydrogens (tertiary/aromatic N) is 2. The highest BCUT2D eigenvalue weighted by Gasteiger charge is 2.14. The summed E-state index contributed by atoms with van der Waals surface area (Å²) in [7, 11) is 0. The molecule has 0 radical (unpaired) electrons. The first-order valence-electron chi connectivity index (χ1n) is 8.47. The van der Waals surface area contributed by atoms with Gasteiger partial charge in [-0.05, 0) is 30.5 Å². The van der Waals surface area contributed by atoms with Gasteiger partial charge in [-0.2, -0.15) is 5.10 Å². The largest absolute Gasteiger partial charge is 0.493 e. The fraction of sp³-hybridized carbons (Fsp3) is 0.333. The molecule has 0 aliphatic carbocycles. The quantitative estimate of drug-likeness (QED) is 0.513. The number of amides is 1. The third kappa shape index (κ3) is 4.47. The van der Waals surface area contributed by atoms with Crippen LogP contribution in [-0.4, -0.2) is 26.8 Å². The van der Waals surface area contributed by atoms with Crippen LogP contribution in [0.25, 0.3) is 5.69 Å². The first-order chi connectivity index (χ1) is 12.5. The van der Waals surface area contributed by atoms with Crippen LogP contribution in [0.3, 0.4) is 0 Å². The molecule has 8 heteroatoms. The average Bonchev–Trinajstić information content (AvgIpc) is 2.63. The lowest BCUT2D eigenvalue weighted by molar-refractivity contribution is -0.121. The fourth-order valence-corrected chi connectivity index (χ4v) is 2.34. The monoisotopic (exact) mass is 358 g/mol. The summed E-state index contributed by atoms with van der Waals surface area (Å²) in [6, 6.07) is 7.00. The number of hydrazone groups is 1. The van der Waals surface area contributed by atoms with Gasteiger partial charge in [-0.3, -0.25) is 14.6 Å². The van der Waals surface area contributed by atoms with Crippen molar-refractivity contribution in [3.63, 3.8) is 0 Å². The molecule has 2 aromatic rings. The number of hydrogen-bond acceptors (Lipinski definition) is 5. The molecular formula is C18H22N4O4. The molecule has 0 aliphatic rings. The van der Waals surface area contributed by atoms with Crippen molar-refractivity contribution in [2.45, 2.75) is 39.5 Å². The third-order valence-electron chi connectivity index (χ3n) is 3.86. The second kappa shape index (κ2) is 8.80. The van der Waals surface area contributed by atoms with E-state index in [4.69, 9.17) is 0 Å². The van der Waals surface area contributed by atoms with E-state index in [0.29, 0.717) is 12.1 Å². The number of aromatic amines is 1. The molecule has 1 aromatic carbocycles. The third-order valence-corrected chi connectivity index (χ3v) is 3.86. The first-order valence-corrected chi connectivity index (χ1v) is 8.47. The maximum Gasteiger partial charge on any atom is 0.335 e. The molecule has 0 aliphatic heterocycles. The molecule has 0 bridgehead atoms. The van der Waals surface area contributed by atoms with Gasteiger partial charge in [0.2, 0.25) is 11.8 Å². The van der Waals surface area contributed by atoms with Gasteiger partial charge in [0.05, 0.1) is 11.9 Å². The van der Waals surface area contributed by atoms with Crippen molar-refractivity contribution in [2.75, 3.05) is 0 Å². The second-order valence-corrected chi connectivity index (χ2v) is 5.75. The number of aromatic nitrogens is 2. The van der Waals surface area contributed by atoms with Crippen molar-refractivity contribution in [3.05, 3.63) is 56.2 Å². The Morgan fingerprint density at radius 1 is 1.27 bits per heavy atom. The molecule has 0 fully saturated rings. The molecule has 2 rings (SSSR count). The zero-order chi connectivity index (χ0) is 19.1. The van der Waals surface area contributed by atoms with Crippen LogP contribution < -0.4 is 16.7 Å². The van der Waals surface area contributed by atoms with Crippen molar-refractivity contribution >= 4 is 12.1 Å². The molecule has 26 heavy (non-hydrogen) atoms. The Balaban J connectivity index is 2.35. The Morgan fingerprint density at radius 3 is 2.58 bits per heavy atom. The Kier molecular flexibility index (Phi) is 6.48. The SMILES string of the molecule is CCCCC(=O)N/N=C\c1c(O)n(-c2ccc(CC)cc2)c(=O)[nH]c1=O. The number of nitrogens with one attached hydrogen (secondary N) is 2. The molecule has 0 unspecified atom stereocenters. The second-order valence-electron chi connectivity index (χ2n) is 5.75. The van der Waals surface area contributed by atoms with Gasteiger partial charge < -0.3 is 5.11 Å². The molecule has 0 saturated carbocycles. The van der Waals surface area contributed by atoms with Gasteiger partial charge in [-0.1, -0.05) is 32.4 Å². The van der Waals surface area contributed by atoms with Crippen LogP contribution in [0.5, 0.6) is 5.88 Å². The zero-order valence-corrected chi connectivity index (χ0v) is 14.8. The highest BCUT2D eigenvalue weighted by Crippen LogP contribution is 2.16. The minimum absolute atomic E-state index is 0.222. The summed E-state index contributed by atoms with van der Waals surface area (Å²) >= 11 is 0. The van der Waals surface area contributed by atoms with E-state index in [1.54, 1.807) is 12.1 Å². The number of aryl methyl sites for hydroxylation is 1. The van der Waals surface area contributed by atoms with Crippen molar-refractivity contribution in [2.24, 2.45) is 5.10 Å². The number of benzene rings is 1. The van der Waals surface area contributed by atoms with E-state index in [1.807, 2.05) is 26.0 Å².